The maximum Gasteiger partial charge on any atom is 0.247 e. The van der Waals surface area contributed by atoms with Crippen molar-refractivity contribution in [1.29, 1.82) is 0 Å². The first-order chi connectivity index (χ1) is 16.5. The van der Waals surface area contributed by atoms with Gasteiger partial charge in [-0.05, 0) is 41.2 Å². The Morgan fingerprint density at radius 1 is 0.853 bits per heavy atom. The van der Waals surface area contributed by atoms with E-state index in [1.54, 1.807) is 12.0 Å². The van der Waals surface area contributed by atoms with Gasteiger partial charge in [-0.2, -0.15) is 0 Å². The van der Waals surface area contributed by atoms with E-state index < -0.39 is 6.04 Å². The molecule has 0 aromatic heterocycles. The van der Waals surface area contributed by atoms with Gasteiger partial charge in [0.2, 0.25) is 11.8 Å². The van der Waals surface area contributed by atoms with Crippen LogP contribution in [0.25, 0.3) is 0 Å². The van der Waals surface area contributed by atoms with Gasteiger partial charge in [-0.3, -0.25) is 9.59 Å². The number of amides is 2. The van der Waals surface area contributed by atoms with Gasteiger partial charge in [-0.15, -0.1) is 0 Å². The fourth-order valence-electron chi connectivity index (χ4n) is 3.80. The molecule has 1 N–H and O–H groups in total. The predicted molar refractivity (Wildman–Crippen MR) is 135 cm³/mol. The average molecular weight is 459 g/mol. The molecule has 3 aromatic carbocycles. The van der Waals surface area contributed by atoms with Gasteiger partial charge in [0.05, 0.1) is 7.11 Å². The minimum atomic E-state index is -0.717. The smallest absolute Gasteiger partial charge is 0.247 e. The summed E-state index contributed by atoms with van der Waals surface area (Å²) >= 11 is 0. The predicted octanol–water partition coefficient (Wildman–Crippen LogP) is 5.17. The molecule has 5 nitrogen and oxygen atoms in total. The van der Waals surface area contributed by atoms with Crippen molar-refractivity contribution in [2.24, 2.45) is 5.92 Å². The van der Waals surface area contributed by atoms with E-state index in [1.165, 1.54) is 0 Å². The van der Waals surface area contributed by atoms with Crippen molar-refractivity contribution in [2.45, 2.75) is 39.3 Å². The summed E-state index contributed by atoms with van der Waals surface area (Å²) in [6.07, 6.45) is 0.939. The fourth-order valence-corrected chi connectivity index (χ4v) is 3.80. The van der Waals surface area contributed by atoms with Gasteiger partial charge in [-0.1, -0.05) is 86.6 Å². The molecule has 0 radical (unpaired) electrons. The lowest BCUT2D eigenvalue weighted by atomic mass is 10.0. The summed E-state index contributed by atoms with van der Waals surface area (Å²) in [6.45, 7) is 4.99. The first kappa shape index (κ1) is 25.0. The highest BCUT2D eigenvalue weighted by molar-refractivity contribution is 5.88. The van der Waals surface area contributed by atoms with E-state index in [0.29, 0.717) is 31.8 Å². The number of nitrogens with zero attached hydrogens (tertiary/aromatic N) is 1. The van der Waals surface area contributed by atoms with E-state index in [1.807, 2.05) is 84.9 Å². The monoisotopic (exact) mass is 458 g/mol. The molecule has 1 unspecified atom stereocenters. The molecule has 0 aliphatic carbocycles. The Hall–Kier alpha value is -3.60. The summed E-state index contributed by atoms with van der Waals surface area (Å²) in [7, 11) is 1.62. The maximum atomic E-state index is 13.6. The Bertz CT molecular complexity index is 1030. The topological polar surface area (TPSA) is 58.6 Å². The zero-order valence-corrected chi connectivity index (χ0v) is 20.2. The largest absolute Gasteiger partial charge is 0.497 e. The zero-order chi connectivity index (χ0) is 24.3. The Labute approximate surface area is 202 Å². The highest BCUT2D eigenvalue weighted by Crippen LogP contribution is 2.26. The lowest BCUT2D eigenvalue weighted by Crippen LogP contribution is -2.44. The van der Waals surface area contributed by atoms with Crippen LogP contribution in [0.1, 0.15) is 43.0 Å². The van der Waals surface area contributed by atoms with Crippen LogP contribution < -0.4 is 10.1 Å². The van der Waals surface area contributed by atoms with Crippen molar-refractivity contribution in [3.8, 4) is 5.75 Å². The van der Waals surface area contributed by atoms with Gasteiger partial charge in [0.1, 0.15) is 11.8 Å². The SMILES string of the molecule is COc1ccc(CN(C(=O)CCc2ccccc2)C(C(=O)NCC(C)C)c2ccccc2)cc1. The van der Waals surface area contributed by atoms with Gasteiger partial charge in [0.25, 0.3) is 0 Å². The quantitative estimate of drug-likeness (QED) is 0.431. The molecule has 0 aliphatic heterocycles. The van der Waals surface area contributed by atoms with Gasteiger partial charge < -0.3 is 15.0 Å². The molecule has 5 heteroatoms. The molecule has 3 rings (SSSR count). The molecule has 0 spiro atoms. The Morgan fingerprint density at radius 2 is 1.47 bits per heavy atom. The van der Waals surface area contributed by atoms with Crippen molar-refractivity contribution >= 4 is 11.8 Å². The van der Waals surface area contributed by atoms with Crippen LogP contribution in [0.15, 0.2) is 84.9 Å². The van der Waals surface area contributed by atoms with Crippen LogP contribution >= 0.6 is 0 Å². The number of hydrogen-bond acceptors (Lipinski definition) is 3. The maximum absolute atomic E-state index is 13.6. The van der Waals surface area contributed by atoms with Crippen molar-refractivity contribution in [2.75, 3.05) is 13.7 Å². The molecular weight excluding hydrogens is 424 g/mol. The lowest BCUT2D eigenvalue weighted by molar-refractivity contribution is -0.141. The van der Waals surface area contributed by atoms with E-state index in [4.69, 9.17) is 4.74 Å². The number of nitrogens with one attached hydrogen (secondary N) is 1. The van der Waals surface area contributed by atoms with E-state index in [9.17, 15) is 9.59 Å². The standard InChI is InChI=1S/C29H34N2O3/c1-22(2)20-30-29(33)28(25-12-8-5-9-13-25)31(21-24-14-17-26(34-3)18-15-24)27(32)19-16-23-10-6-4-7-11-23/h4-15,17-18,22,28H,16,19-21H2,1-3H3,(H,30,33). The zero-order valence-electron chi connectivity index (χ0n) is 20.2. The average Bonchev–Trinajstić information content (AvgIpc) is 2.87. The summed E-state index contributed by atoms with van der Waals surface area (Å²) in [4.78, 5) is 28.8. The number of rotatable bonds is 11. The second kappa shape index (κ2) is 12.6. The van der Waals surface area contributed by atoms with Crippen LogP contribution in [-0.4, -0.2) is 30.4 Å². The van der Waals surface area contributed by atoms with Gasteiger partial charge in [0.15, 0.2) is 0 Å². The van der Waals surface area contributed by atoms with Gasteiger partial charge in [0, 0.05) is 19.5 Å². The van der Waals surface area contributed by atoms with Crippen LogP contribution in [-0.2, 0) is 22.6 Å². The Morgan fingerprint density at radius 3 is 2.06 bits per heavy atom. The third-order valence-electron chi connectivity index (χ3n) is 5.66. The Kier molecular flexibility index (Phi) is 9.27. The number of methoxy groups -OCH3 is 1. The van der Waals surface area contributed by atoms with Crippen LogP contribution in [0, 0.1) is 5.92 Å². The third-order valence-corrected chi connectivity index (χ3v) is 5.66. The molecule has 1 atom stereocenters. The molecule has 0 bridgehead atoms. The fraction of sp³-hybridized carbons (Fsp3) is 0.310. The summed E-state index contributed by atoms with van der Waals surface area (Å²) in [5.74, 6) is 0.832. The third kappa shape index (κ3) is 7.20. The van der Waals surface area contributed by atoms with Gasteiger partial charge >= 0.3 is 0 Å². The second-order valence-electron chi connectivity index (χ2n) is 8.81. The van der Waals surface area contributed by atoms with Crippen LogP contribution in [0.3, 0.4) is 0 Å². The normalized spacial score (nSPS) is 11.6. The minimum absolute atomic E-state index is 0.0618. The van der Waals surface area contributed by atoms with Crippen molar-refractivity contribution in [3.05, 3.63) is 102 Å². The molecule has 0 saturated heterocycles. The minimum Gasteiger partial charge on any atom is -0.497 e. The number of benzene rings is 3. The summed E-state index contributed by atoms with van der Waals surface area (Å²) < 4.78 is 5.27. The van der Waals surface area contributed by atoms with Crippen molar-refractivity contribution in [1.82, 2.24) is 10.2 Å². The van der Waals surface area contributed by atoms with Crippen molar-refractivity contribution in [3.63, 3.8) is 0 Å². The molecule has 0 heterocycles. The molecule has 0 saturated carbocycles. The summed E-state index contributed by atoms with van der Waals surface area (Å²) in [5.41, 5.74) is 2.83. The van der Waals surface area contributed by atoms with E-state index >= 15 is 0 Å². The van der Waals surface area contributed by atoms with E-state index in [0.717, 1.165) is 22.4 Å². The number of carbonyl (C=O) groups excluding carboxylic acids is 2. The van der Waals surface area contributed by atoms with Crippen LogP contribution in [0.5, 0.6) is 5.75 Å². The van der Waals surface area contributed by atoms with E-state index in [-0.39, 0.29) is 11.8 Å². The molecule has 2 amide bonds. The van der Waals surface area contributed by atoms with Gasteiger partial charge in [-0.25, -0.2) is 0 Å². The van der Waals surface area contributed by atoms with Crippen LogP contribution in [0.2, 0.25) is 0 Å². The molecule has 0 fully saturated rings. The number of carbonyl (C=O) groups is 2. The van der Waals surface area contributed by atoms with Crippen LogP contribution in [0.4, 0.5) is 0 Å². The molecule has 0 aliphatic rings. The summed E-state index contributed by atoms with van der Waals surface area (Å²) in [6, 6.07) is 26.4. The lowest BCUT2D eigenvalue weighted by Gasteiger charge is -2.32. The summed E-state index contributed by atoms with van der Waals surface area (Å²) in [5, 5.41) is 3.04. The number of hydrogen-bond donors (Lipinski definition) is 1. The Balaban J connectivity index is 1.92. The molecular formula is C29H34N2O3. The first-order valence-electron chi connectivity index (χ1n) is 11.8. The highest BCUT2D eigenvalue weighted by atomic mass is 16.5. The van der Waals surface area contributed by atoms with E-state index in [2.05, 4.69) is 19.2 Å². The number of aryl methyl sites for hydroxylation is 1. The first-order valence-corrected chi connectivity index (χ1v) is 11.8. The highest BCUT2D eigenvalue weighted by Gasteiger charge is 2.31. The molecule has 34 heavy (non-hydrogen) atoms. The second-order valence-corrected chi connectivity index (χ2v) is 8.81. The number of ether oxygens (including phenoxy) is 1. The van der Waals surface area contributed by atoms with Crippen molar-refractivity contribution < 1.29 is 14.3 Å². The molecule has 178 valence electrons. The molecule has 3 aromatic rings.